The van der Waals surface area contributed by atoms with Crippen LogP contribution in [0.5, 0.6) is 0 Å². The number of fused-ring (bicyclic) bond motifs is 2. The van der Waals surface area contributed by atoms with E-state index in [-0.39, 0.29) is 24.8 Å². The van der Waals surface area contributed by atoms with E-state index < -0.39 is 6.29 Å². The second kappa shape index (κ2) is 14.7. The summed E-state index contributed by atoms with van der Waals surface area (Å²) in [5.74, 6) is 0. The normalized spacial score (nSPS) is 26.0. The molecule has 2 heterocycles. The molecule has 1 aliphatic carbocycles. The summed E-state index contributed by atoms with van der Waals surface area (Å²) >= 11 is 0. The predicted octanol–water partition coefficient (Wildman–Crippen LogP) is 8.29. The van der Waals surface area contributed by atoms with Crippen molar-refractivity contribution in [2.24, 2.45) is 10.8 Å². The van der Waals surface area contributed by atoms with Crippen LogP contribution in [0.1, 0.15) is 86.7 Å². The van der Waals surface area contributed by atoms with Crippen LogP contribution >= 0.6 is 0 Å². The van der Waals surface area contributed by atoms with E-state index in [0.717, 1.165) is 58.5 Å². The highest BCUT2D eigenvalue weighted by molar-refractivity contribution is 5.75. The zero-order valence-electron chi connectivity index (χ0n) is 29.6. The van der Waals surface area contributed by atoms with Gasteiger partial charge in [-0.25, -0.2) is 4.79 Å². The molecule has 50 heavy (non-hydrogen) atoms. The second-order valence-electron chi connectivity index (χ2n) is 15.8. The van der Waals surface area contributed by atoms with Gasteiger partial charge in [0.2, 0.25) is 0 Å². The summed E-state index contributed by atoms with van der Waals surface area (Å²) in [6.07, 6.45) is 3.99. The molecule has 4 aromatic carbocycles. The monoisotopic (exact) mass is 673 g/mol. The lowest BCUT2D eigenvalue weighted by molar-refractivity contribution is -0.253. The van der Waals surface area contributed by atoms with Crippen molar-refractivity contribution in [1.82, 2.24) is 15.5 Å². The molecule has 2 unspecified atom stereocenters. The van der Waals surface area contributed by atoms with Crippen molar-refractivity contribution >= 4 is 6.03 Å². The third kappa shape index (κ3) is 8.13. The minimum atomic E-state index is -0.496. The summed E-state index contributed by atoms with van der Waals surface area (Å²) in [4.78, 5) is 15.3. The van der Waals surface area contributed by atoms with E-state index in [1.807, 2.05) is 54.6 Å². The van der Waals surface area contributed by atoms with Crippen molar-refractivity contribution in [1.29, 1.82) is 0 Å². The summed E-state index contributed by atoms with van der Waals surface area (Å²) in [5.41, 5.74) is 7.97. The predicted molar refractivity (Wildman–Crippen MR) is 197 cm³/mol. The number of hydrogen-bond donors (Lipinski definition) is 3. The van der Waals surface area contributed by atoms with Crippen LogP contribution in [0.2, 0.25) is 0 Å². The summed E-state index contributed by atoms with van der Waals surface area (Å²) in [6, 6.07) is 35.1. The van der Waals surface area contributed by atoms with Crippen LogP contribution < -0.4 is 10.6 Å². The van der Waals surface area contributed by atoms with Crippen LogP contribution in [0.3, 0.4) is 0 Å². The number of aliphatic hydroxyl groups is 1. The Morgan fingerprint density at radius 3 is 2.26 bits per heavy atom. The summed E-state index contributed by atoms with van der Waals surface area (Å²) < 4.78 is 13.5. The third-order valence-corrected chi connectivity index (χ3v) is 10.8. The Bertz CT molecular complexity index is 1740. The number of hydrogen-bond acceptors (Lipinski definition) is 5. The lowest BCUT2D eigenvalue weighted by atomic mass is 9.65. The first-order chi connectivity index (χ1) is 24.1. The quantitative estimate of drug-likeness (QED) is 0.158. The van der Waals surface area contributed by atoms with E-state index in [9.17, 15) is 9.90 Å². The Balaban J connectivity index is 1.05. The van der Waals surface area contributed by atoms with E-state index >= 15 is 0 Å². The molecule has 2 aliphatic heterocycles. The topological polar surface area (TPSA) is 83.1 Å². The Morgan fingerprint density at radius 2 is 1.50 bits per heavy atom. The van der Waals surface area contributed by atoms with Crippen molar-refractivity contribution in [2.45, 2.75) is 90.7 Å². The number of carbonyl (C=O) groups excluding carboxylic acids is 1. The number of benzene rings is 4. The summed E-state index contributed by atoms with van der Waals surface area (Å²) in [6.45, 7) is 10.3. The summed E-state index contributed by atoms with van der Waals surface area (Å²) in [5, 5.41) is 15.6. The van der Waals surface area contributed by atoms with Gasteiger partial charge in [-0.3, -0.25) is 4.90 Å². The molecule has 4 aromatic rings. The lowest BCUT2D eigenvalue weighted by Crippen LogP contribution is -2.42. The zero-order valence-corrected chi connectivity index (χ0v) is 29.6. The fourth-order valence-corrected chi connectivity index (χ4v) is 8.88. The van der Waals surface area contributed by atoms with Gasteiger partial charge in [0.15, 0.2) is 6.29 Å². The van der Waals surface area contributed by atoms with Crippen LogP contribution in [0.15, 0.2) is 103 Å². The van der Waals surface area contributed by atoms with Crippen molar-refractivity contribution in [2.75, 3.05) is 13.1 Å². The van der Waals surface area contributed by atoms with Crippen LogP contribution in [0.25, 0.3) is 11.1 Å². The maximum Gasteiger partial charge on any atom is 0.315 e. The Morgan fingerprint density at radius 1 is 0.800 bits per heavy atom. The molecule has 7 rings (SSSR count). The molecule has 7 nitrogen and oxygen atoms in total. The minimum Gasteiger partial charge on any atom is -0.392 e. The van der Waals surface area contributed by atoms with Gasteiger partial charge in [0.25, 0.3) is 0 Å². The average molecular weight is 674 g/mol. The highest BCUT2D eigenvalue weighted by Gasteiger charge is 2.50. The number of nitrogens with zero attached hydrogens (tertiary/aromatic N) is 1. The molecule has 5 atom stereocenters. The number of ether oxygens (including phenoxy) is 2. The van der Waals surface area contributed by atoms with E-state index in [2.05, 4.69) is 84.8 Å². The molecule has 0 radical (unpaired) electrons. The fraction of sp³-hybridized carbons (Fsp3) is 0.419. The van der Waals surface area contributed by atoms with Crippen molar-refractivity contribution in [3.8, 4) is 11.1 Å². The molecule has 262 valence electrons. The van der Waals surface area contributed by atoms with Crippen molar-refractivity contribution < 1.29 is 19.4 Å². The Labute approximate surface area is 297 Å². The molecule has 0 spiro atoms. The highest BCUT2D eigenvalue weighted by Crippen LogP contribution is 2.53. The number of aliphatic hydroxyl groups excluding tert-OH is 1. The second-order valence-corrected chi connectivity index (χ2v) is 15.8. The van der Waals surface area contributed by atoms with Crippen LogP contribution in [-0.2, 0) is 29.2 Å². The van der Waals surface area contributed by atoms with Gasteiger partial charge in [0, 0.05) is 44.2 Å². The number of nitrogens with one attached hydrogen (secondary N) is 2. The zero-order chi connectivity index (χ0) is 34.7. The van der Waals surface area contributed by atoms with E-state index in [1.54, 1.807) is 0 Å². The smallest absolute Gasteiger partial charge is 0.315 e. The first-order valence-electron chi connectivity index (χ1n) is 18.1. The maximum atomic E-state index is 12.6. The van der Waals surface area contributed by atoms with Gasteiger partial charge >= 0.3 is 6.03 Å². The van der Waals surface area contributed by atoms with Gasteiger partial charge in [0.05, 0.1) is 18.8 Å². The molecule has 0 aromatic heterocycles. The van der Waals surface area contributed by atoms with Gasteiger partial charge in [0.1, 0.15) is 0 Å². The van der Waals surface area contributed by atoms with Crippen LogP contribution in [-0.4, -0.2) is 41.3 Å². The fourth-order valence-electron chi connectivity index (χ4n) is 8.88. The largest absolute Gasteiger partial charge is 0.392 e. The van der Waals surface area contributed by atoms with Crippen LogP contribution in [0, 0.1) is 10.8 Å². The molecule has 3 N–H and O–H groups in total. The van der Waals surface area contributed by atoms with Gasteiger partial charge in [-0.2, -0.15) is 0 Å². The van der Waals surface area contributed by atoms with Gasteiger partial charge in [-0.1, -0.05) is 124 Å². The van der Waals surface area contributed by atoms with E-state index in [1.165, 1.54) is 19.3 Å². The number of rotatable bonds is 10. The van der Waals surface area contributed by atoms with Gasteiger partial charge in [-0.05, 0) is 63.5 Å². The average Bonchev–Trinajstić information content (AvgIpc) is 3.37. The molecule has 3 aliphatic rings. The third-order valence-electron chi connectivity index (χ3n) is 10.8. The lowest BCUT2D eigenvalue weighted by Gasteiger charge is -2.41. The Hall–Kier alpha value is -4.01. The molecule has 3 fully saturated rings. The highest BCUT2D eigenvalue weighted by atomic mass is 16.7. The Kier molecular flexibility index (Phi) is 10.1. The standard InChI is InChI=1S/C43H51N3O4/c1-42(2)22-36-23-43(3,28-42)29-46(36)26-37-21-39(33-15-13-31(27-47)14-16-33)50-40(49-37)34-19-17-32(18-20-34)38-12-8-7-11-35(38)25-45-41(48)44-24-30-9-5-4-6-10-30/h4-20,36-37,39-40,47H,21-29H2,1-3H3,(H2,44,45,48)/t36?,37-,39+,40+,43?/m0/s1. The van der Waals surface area contributed by atoms with E-state index in [4.69, 9.17) is 9.47 Å². The maximum absolute atomic E-state index is 12.6. The number of urea groups is 1. The molecule has 1 saturated carbocycles. The van der Waals surface area contributed by atoms with Gasteiger partial charge in [-0.15, -0.1) is 0 Å². The molecule has 2 amide bonds. The number of carbonyl (C=O) groups is 1. The SMILES string of the molecule is CC1(C)CC2CC(C)(CN2C[C@@H]2C[C@H](c3ccc(CO)cc3)O[C@H](c3ccc(-c4ccccc4CNC(=O)NCc4ccccc4)cc3)O2)C1. The first kappa shape index (κ1) is 34.4. The molecular formula is C43H51N3O4. The molecule has 2 bridgehead atoms. The van der Waals surface area contributed by atoms with Crippen molar-refractivity contribution in [3.63, 3.8) is 0 Å². The van der Waals surface area contributed by atoms with Gasteiger partial charge < -0.3 is 25.2 Å². The van der Waals surface area contributed by atoms with E-state index in [0.29, 0.717) is 30.0 Å². The summed E-state index contributed by atoms with van der Waals surface area (Å²) in [7, 11) is 0. The number of likely N-dealkylation sites (tertiary alicyclic amines) is 1. The molecule has 7 heteroatoms. The van der Waals surface area contributed by atoms with Crippen molar-refractivity contribution in [3.05, 3.63) is 131 Å². The molecule has 2 saturated heterocycles. The van der Waals surface area contributed by atoms with Crippen LogP contribution in [0.4, 0.5) is 4.79 Å². The molecular weight excluding hydrogens is 622 g/mol. The first-order valence-corrected chi connectivity index (χ1v) is 18.1. The minimum absolute atomic E-state index is 0.0264. The number of amides is 2.